The molecule has 0 spiro atoms. The van der Waals surface area contributed by atoms with Gasteiger partial charge in [-0.25, -0.2) is 0 Å². The number of benzene rings is 1. The van der Waals surface area contributed by atoms with E-state index in [1.54, 1.807) is 0 Å². The first-order valence-electron chi connectivity index (χ1n) is 4.19. The topological polar surface area (TPSA) is 23.8 Å². The fourth-order valence-corrected chi connectivity index (χ4v) is 1.49. The molecule has 0 saturated heterocycles. The van der Waals surface area contributed by atoms with Crippen LogP contribution in [-0.4, -0.2) is 0 Å². The van der Waals surface area contributed by atoms with Crippen molar-refractivity contribution in [3.63, 3.8) is 0 Å². The van der Waals surface area contributed by atoms with E-state index in [9.17, 15) is 0 Å². The molecule has 0 fully saturated rings. The van der Waals surface area contributed by atoms with Crippen LogP contribution in [0.15, 0.2) is 12.1 Å². The Bertz CT molecular complexity index is 332. The Balaban J connectivity index is 3.36. The SMILES string of the molecule is CCc1cc(C)cc(C)c1C#N. The Morgan fingerprint density at radius 3 is 2.50 bits per heavy atom. The molecular weight excluding hydrogens is 146 g/mol. The lowest BCUT2D eigenvalue weighted by molar-refractivity contribution is 1.11. The van der Waals surface area contributed by atoms with E-state index in [0.29, 0.717) is 0 Å². The van der Waals surface area contributed by atoms with Crippen molar-refractivity contribution in [3.05, 3.63) is 34.4 Å². The van der Waals surface area contributed by atoms with Gasteiger partial charge in [0.15, 0.2) is 0 Å². The third kappa shape index (κ3) is 1.48. The van der Waals surface area contributed by atoms with Gasteiger partial charge in [0.25, 0.3) is 0 Å². The highest BCUT2D eigenvalue weighted by Gasteiger charge is 2.03. The van der Waals surface area contributed by atoms with Crippen molar-refractivity contribution in [3.8, 4) is 6.07 Å². The Labute approximate surface area is 73.6 Å². The summed E-state index contributed by atoms with van der Waals surface area (Å²) in [5.41, 5.74) is 4.34. The molecule has 0 N–H and O–H groups in total. The quantitative estimate of drug-likeness (QED) is 0.618. The van der Waals surface area contributed by atoms with Gasteiger partial charge in [-0.15, -0.1) is 0 Å². The number of nitrogens with zero attached hydrogens (tertiary/aromatic N) is 1. The fraction of sp³-hybridized carbons (Fsp3) is 0.364. The third-order valence-corrected chi connectivity index (χ3v) is 2.05. The second-order valence-corrected chi connectivity index (χ2v) is 3.08. The largest absolute Gasteiger partial charge is 0.192 e. The molecule has 0 saturated carbocycles. The molecule has 0 bridgehead atoms. The van der Waals surface area contributed by atoms with Crippen LogP contribution < -0.4 is 0 Å². The summed E-state index contributed by atoms with van der Waals surface area (Å²) in [5.74, 6) is 0. The summed E-state index contributed by atoms with van der Waals surface area (Å²) in [5, 5.41) is 8.87. The van der Waals surface area contributed by atoms with E-state index < -0.39 is 0 Å². The standard InChI is InChI=1S/C11H13N/c1-4-10-6-8(2)5-9(3)11(10)7-12/h5-6H,4H2,1-3H3. The van der Waals surface area contributed by atoms with Gasteiger partial charge in [-0.05, 0) is 31.4 Å². The minimum absolute atomic E-state index is 0.850. The highest BCUT2D eigenvalue weighted by Crippen LogP contribution is 2.16. The number of hydrogen-bond donors (Lipinski definition) is 0. The first kappa shape index (κ1) is 8.80. The molecule has 0 aliphatic heterocycles. The normalized spacial score (nSPS) is 9.50. The van der Waals surface area contributed by atoms with Gasteiger partial charge in [-0.3, -0.25) is 0 Å². The van der Waals surface area contributed by atoms with Crippen LogP contribution in [0.4, 0.5) is 0 Å². The van der Waals surface area contributed by atoms with E-state index in [-0.39, 0.29) is 0 Å². The summed E-state index contributed by atoms with van der Waals surface area (Å²) >= 11 is 0. The molecule has 1 heteroatoms. The predicted molar refractivity (Wildman–Crippen MR) is 50.0 cm³/mol. The molecule has 0 atom stereocenters. The molecule has 1 aromatic rings. The van der Waals surface area contributed by atoms with Crippen LogP contribution in [0, 0.1) is 25.2 Å². The molecule has 1 nitrogen and oxygen atoms in total. The lowest BCUT2D eigenvalue weighted by Gasteiger charge is -2.05. The molecule has 0 aliphatic rings. The monoisotopic (exact) mass is 159 g/mol. The number of aryl methyl sites for hydroxylation is 3. The van der Waals surface area contributed by atoms with Gasteiger partial charge in [-0.2, -0.15) is 5.26 Å². The minimum atomic E-state index is 0.850. The van der Waals surface area contributed by atoms with Crippen molar-refractivity contribution >= 4 is 0 Å². The van der Waals surface area contributed by atoms with Gasteiger partial charge in [0.2, 0.25) is 0 Å². The third-order valence-electron chi connectivity index (χ3n) is 2.05. The average Bonchev–Trinajstić information content (AvgIpc) is 2.03. The predicted octanol–water partition coefficient (Wildman–Crippen LogP) is 2.74. The van der Waals surface area contributed by atoms with Gasteiger partial charge in [0.05, 0.1) is 11.6 Å². The summed E-state index contributed by atoms with van der Waals surface area (Å²) in [6.07, 6.45) is 0.936. The lowest BCUT2D eigenvalue weighted by atomic mass is 9.98. The van der Waals surface area contributed by atoms with Crippen LogP contribution in [0.25, 0.3) is 0 Å². The van der Waals surface area contributed by atoms with Crippen LogP contribution >= 0.6 is 0 Å². The van der Waals surface area contributed by atoms with E-state index in [1.165, 1.54) is 5.56 Å². The van der Waals surface area contributed by atoms with E-state index >= 15 is 0 Å². The first-order chi connectivity index (χ1) is 5.69. The van der Waals surface area contributed by atoms with Gasteiger partial charge in [-0.1, -0.05) is 24.6 Å². The summed E-state index contributed by atoms with van der Waals surface area (Å²) < 4.78 is 0. The molecule has 0 radical (unpaired) electrons. The van der Waals surface area contributed by atoms with Crippen molar-refractivity contribution in [1.29, 1.82) is 5.26 Å². The second kappa shape index (κ2) is 3.40. The maximum absolute atomic E-state index is 8.87. The van der Waals surface area contributed by atoms with Crippen LogP contribution in [-0.2, 0) is 6.42 Å². The number of hydrogen-bond acceptors (Lipinski definition) is 1. The Hall–Kier alpha value is -1.29. The molecule has 0 unspecified atom stereocenters. The molecule has 1 aromatic carbocycles. The van der Waals surface area contributed by atoms with Crippen LogP contribution in [0.1, 0.15) is 29.2 Å². The Morgan fingerprint density at radius 1 is 1.33 bits per heavy atom. The summed E-state index contributed by atoms with van der Waals surface area (Å²) in [6.45, 7) is 6.13. The summed E-state index contributed by atoms with van der Waals surface area (Å²) in [7, 11) is 0. The number of nitriles is 1. The zero-order valence-corrected chi connectivity index (χ0v) is 7.81. The van der Waals surface area contributed by atoms with E-state index in [4.69, 9.17) is 5.26 Å². The molecule has 0 heterocycles. The van der Waals surface area contributed by atoms with Gasteiger partial charge >= 0.3 is 0 Å². The highest BCUT2D eigenvalue weighted by atomic mass is 14.2. The maximum Gasteiger partial charge on any atom is 0.0997 e. The zero-order valence-electron chi connectivity index (χ0n) is 7.81. The molecule has 0 amide bonds. The van der Waals surface area contributed by atoms with Crippen LogP contribution in [0.3, 0.4) is 0 Å². The summed E-state index contributed by atoms with van der Waals surface area (Å²) in [4.78, 5) is 0. The van der Waals surface area contributed by atoms with Crippen molar-refractivity contribution < 1.29 is 0 Å². The molecule has 12 heavy (non-hydrogen) atoms. The van der Waals surface area contributed by atoms with Crippen molar-refractivity contribution in [2.24, 2.45) is 0 Å². The smallest absolute Gasteiger partial charge is 0.0997 e. The summed E-state index contributed by atoms with van der Waals surface area (Å²) in [6, 6.07) is 6.38. The minimum Gasteiger partial charge on any atom is -0.192 e. The van der Waals surface area contributed by atoms with Crippen molar-refractivity contribution in [2.45, 2.75) is 27.2 Å². The zero-order chi connectivity index (χ0) is 9.14. The van der Waals surface area contributed by atoms with Crippen LogP contribution in [0.2, 0.25) is 0 Å². The van der Waals surface area contributed by atoms with E-state index in [0.717, 1.165) is 23.1 Å². The highest BCUT2D eigenvalue weighted by molar-refractivity contribution is 5.46. The first-order valence-corrected chi connectivity index (χ1v) is 4.19. The number of rotatable bonds is 1. The molecular formula is C11H13N. The fourth-order valence-electron chi connectivity index (χ4n) is 1.49. The van der Waals surface area contributed by atoms with Crippen LogP contribution in [0.5, 0.6) is 0 Å². The van der Waals surface area contributed by atoms with Gasteiger partial charge in [0.1, 0.15) is 0 Å². The van der Waals surface area contributed by atoms with Crippen molar-refractivity contribution in [2.75, 3.05) is 0 Å². The maximum atomic E-state index is 8.87. The Morgan fingerprint density at radius 2 is 2.00 bits per heavy atom. The Kier molecular flexibility index (Phi) is 2.50. The second-order valence-electron chi connectivity index (χ2n) is 3.08. The van der Waals surface area contributed by atoms with Gasteiger partial charge in [0, 0.05) is 0 Å². The lowest BCUT2D eigenvalue weighted by Crippen LogP contribution is -1.92. The molecule has 62 valence electrons. The van der Waals surface area contributed by atoms with E-state index in [2.05, 4.69) is 32.0 Å². The van der Waals surface area contributed by atoms with Crippen molar-refractivity contribution in [1.82, 2.24) is 0 Å². The average molecular weight is 159 g/mol. The molecule has 1 rings (SSSR count). The van der Waals surface area contributed by atoms with E-state index in [1.807, 2.05) is 6.92 Å². The molecule has 0 aromatic heterocycles. The molecule has 0 aliphatic carbocycles. The van der Waals surface area contributed by atoms with Gasteiger partial charge < -0.3 is 0 Å².